The molecule has 1 amide bonds. The van der Waals surface area contributed by atoms with Crippen LogP contribution in [0.25, 0.3) is 22.4 Å². The second-order valence-corrected chi connectivity index (χ2v) is 8.76. The third kappa shape index (κ3) is 4.16. The molecule has 2 aromatic carbocycles. The third-order valence-corrected chi connectivity index (χ3v) is 6.48. The average molecular weight is 448 g/mol. The molecule has 32 heavy (non-hydrogen) atoms. The zero-order valence-electron chi connectivity index (χ0n) is 17.2. The SMILES string of the molecule is O=C1NCCCCC1Sc1nnc(-c2nn(Cc3ccccc3)c(=O)c3ccccc23)o1. The van der Waals surface area contributed by atoms with E-state index in [0.717, 1.165) is 24.8 Å². The lowest BCUT2D eigenvalue weighted by Crippen LogP contribution is -2.30. The monoisotopic (exact) mass is 447 g/mol. The second-order valence-electron chi connectivity index (χ2n) is 7.61. The van der Waals surface area contributed by atoms with Crippen molar-refractivity contribution in [2.75, 3.05) is 6.54 Å². The van der Waals surface area contributed by atoms with Gasteiger partial charge in [-0.2, -0.15) is 5.10 Å². The number of aromatic nitrogens is 4. The minimum Gasteiger partial charge on any atom is -0.409 e. The van der Waals surface area contributed by atoms with Gasteiger partial charge in [-0.3, -0.25) is 9.59 Å². The van der Waals surface area contributed by atoms with Crippen LogP contribution in [0.3, 0.4) is 0 Å². The van der Waals surface area contributed by atoms with Gasteiger partial charge in [-0.25, -0.2) is 4.68 Å². The molecule has 1 aliphatic rings. The molecule has 2 aromatic heterocycles. The minimum absolute atomic E-state index is 0.00719. The normalized spacial score (nSPS) is 16.6. The van der Waals surface area contributed by atoms with Crippen molar-refractivity contribution in [3.63, 3.8) is 0 Å². The number of hydrogen-bond acceptors (Lipinski definition) is 7. The van der Waals surface area contributed by atoms with Gasteiger partial charge in [-0.15, -0.1) is 10.2 Å². The Morgan fingerprint density at radius 1 is 1.00 bits per heavy atom. The van der Waals surface area contributed by atoms with Crippen LogP contribution in [0.15, 0.2) is 69.0 Å². The first-order valence-corrected chi connectivity index (χ1v) is 11.4. The van der Waals surface area contributed by atoms with Crippen LogP contribution < -0.4 is 10.9 Å². The van der Waals surface area contributed by atoms with E-state index in [0.29, 0.717) is 34.8 Å². The van der Waals surface area contributed by atoms with Crippen LogP contribution in [0.2, 0.25) is 0 Å². The Hall–Kier alpha value is -3.46. The summed E-state index contributed by atoms with van der Waals surface area (Å²) in [6.45, 7) is 1.03. The molecule has 5 rings (SSSR count). The fourth-order valence-corrected chi connectivity index (χ4v) is 4.69. The van der Waals surface area contributed by atoms with Crippen molar-refractivity contribution in [2.24, 2.45) is 0 Å². The molecular weight excluding hydrogens is 426 g/mol. The maximum absolute atomic E-state index is 13.0. The highest BCUT2D eigenvalue weighted by molar-refractivity contribution is 8.00. The quantitative estimate of drug-likeness (QED) is 0.501. The Morgan fingerprint density at radius 2 is 1.78 bits per heavy atom. The smallest absolute Gasteiger partial charge is 0.277 e. The van der Waals surface area contributed by atoms with E-state index >= 15 is 0 Å². The van der Waals surface area contributed by atoms with Crippen molar-refractivity contribution in [1.82, 2.24) is 25.3 Å². The highest BCUT2D eigenvalue weighted by Crippen LogP contribution is 2.30. The van der Waals surface area contributed by atoms with Gasteiger partial charge in [0.15, 0.2) is 5.69 Å². The van der Waals surface area contributed by atoms with Crippen molar-refractivity contribution in [3.05, 3.63) is 70.5 Å². The van der Waals surface area contributed by atoms with Crippen LogP contribution in [-0.2, 0) is 11.3 Å². The average Bonchev–Trinajstić information content (AvgIpc) is 3.19. The molecule has 162 valence electrons. The molecule has 1 fully saturated rings. The number of carbonyl (C=O) groups excluding carboxylic acids is 1. The number of nitrogens with one attached hydrogen (secondary N) is 1. The molecule has 0 spiro atoms. The van der Waals surface area contributed by atoms with Crippen LogP contribution in [0.1, 0.15) is 24.8 Å². The topological polar surface area (TPSA) is 103 Å². The fourth-order valence-electron chi connectivity index (χ4n) is 3.76. The molecule has 1 N–H and O–H groups in total. The summed E-state index contributed by atoms with van der Waals surface area (Å²) in [5.74, 6) is 0.215. The van der Waals surface area contributed by atoms with Gasteiger partial charge >= 0.3 is 0 Å². The van der Waals surface area contributed by atoms with Gasteiger partial charge in [0.1, 0.15) is 0 Å². The summed E-state index contributed by atoms with van der Waals surface area (Å²) in [6, 6.07) is 16.9. The Morgan fingerprint density at radius 3 is 2.62 bits per heavy atom. The summed E-state index contributed by atoms with van der Waals surface area (Å²) in [6.07, 6.45) is 2.70. The van der Waals surface area contributed by atoms with E-state index in [1.165, 1.54) is 16.4 Å². The molecule has 1 saturated heterocycles. The van der Waals surface area contributed by atoms with Gasteiger partial charge in [0, 0.05) is 11.9 Å². The van der Waals surface area contributed by atoms with Gasteiger partial charge in [0.25, 0.3) is 16.7 Å². The molecule has 0 aliphatic carbocycles. The maximum atomic E-state index is 13.0. The van der Waals surface area contributed by atoms with Gasteiger partial charge in [0.05, 0.1) is 17.2 Å². The van der Waals surface area contributed by atoms with Crippen LogP contribution in [0, 0.1) is 0 Å². The number of amides is 1. The summed E-state index contributed by atoms with van der Waals surface area (Å²) in [4.78, 5) is 25.3. The summed E-state index contributed by atoms with van der Waals surface area (Å²) >= 11 is 1.27. The molecule has 4 aromatic rings. The Labute approximate surface area is 188 Å². The van der Waals surface area contributed by atoms with E-state index in [1.54, 1.807) is 6.07 Å². The fraction of sp³-hybridized carbons (Fsp3) is 0.261. The van der Waals surface area contributed by atoms with Crippen molar-refractivity contribution >= 4 is 28.4 Å². The summed E-state index contributed by atoms with van der Waals surface area (Å²) in [7, 11) is 0. The number of nitrogens with zero attached hydrogens (tertiary/aromatic N) is 4. The minimum atomic E-state index is -0.262. The summed E-state index contributed by atoms with van der Waals surface area (Å²) in [5, 5.41) is 17.0. The Balaban J connectivity index is 1.52. The molecule has 8 nitrogen and oxygen atoms in total. The zero-order chi connectivity index (χ0) is 21.9. The van der Waals surface area contributed by atoms with Gasteiger partial charge in [-0.05, 0) is 24.5 Å². The molecule has 0 saturated carbocycles. The number of thioether (sulfide) groups is 1. The zero-order valence-corrected chi connectivity index (χ0v) is 18.0. The van der Waals surface area contributed by atoms with Crippen molar-refractivity contribution in [2.45, 2.75) is 36.3 Å². The number of hydrogen-bond donors (Lipinski definition) is 1. The predicted molar refractivity (Wildman–Crippen MR) is 121 cm³/mol. The van der Waals surface area contributed by atoms with E-state index in [2.05, 4.69) is 20.6 Å². The van der Waals surface area contributed by atoms with E-state index < -0.39 is 0 Å². The molecule has 9 heteroatoms. The molecular formula is C23H21N5O3S. The lowest BCUT2D eigenvalue weighted by atomic mass is 10.1. The Bertz CT molecular complexity index is 1320. The van der Waals surface area contributed by atoms with Crippen LogP contribution >= 0.6 is 11.8 Å². The van der Waals surface area contributed by atoms with Gasteiger partial charge < -0.3 is 9.73 Å². The lowest BCUT2D eigenvalue weighted by Gasteiger charge is -2.10. The van der Waals surface area contributed by atoms with Crippen molar-refractivity contribution in [1.29, 1.82) is 0 Å². The number of rotatable bonds is 5. The van der Waals surface area contributed by atoms with Crippen LogP contribution in [0.4, 0.5) is 0 Å². The molecule has 3 heterocycles. The maximum Gasteiger partial charge on any atom is 0.277 e. The molecule has 0 radical (unpaired) electrons. The first-order valence-electron chi connectivity index (χ1n) is 10.5. The summed E-state index contributed by atoms with van der Waals surface area (Å²) < 4.78 is 7.32. The number of fused-ring (bicyclic) bond motifs is 1. The summed E-state index contributed by atoms with van der Waals surface area (Å²) in [5.41, 5.74) is 1.22. The van der Waals surface area contributed by atoms with Crippen LogP contribution in [0.5, 0.6) is 0 Å². The molecule has 1 aliphatic heterocycles. The van der Waals surface area contributed by atoms with Crippen LogP contribution in [-0.4, -0.2) is 37.7 Å². The second kappa shape index (κ2) is 8.96. The standard InChI is InChI=1S/C23H21N5O3S/c29-20-18(12-6-7-13-24-20)32-23-26-25-21(31-23)19-16-10-4-5-11-17(16)22(30)28(27-19)14-15-8-2-1-3-9-15/h1-5,8-11,18H,6-7,12-14H2,(H,24,29). The van der Waals surface area contributed by atoms with Gasteiger partial charge in [0.2, 0.25) is 5.91 Å². The van der Waals surface area contributed by atoms with E-state index in [4.69, 9.17) is 4.42 Å². The third-order valence-electron chi connectivity index (χ3n) is 5.38. The number of carbonyl (C=O) groups is 1. The van der Waals surface area contributed by atoms with E-state index in [1.807, 2.05) is 48.5 Å². The van der Waals surface area contributed by atoms with E-state index in [-0.39, 0.29) is 22.6 Å². The molecule has 1 unspecified atom stereocenters. The molecule has 1 atom stereocenters. The molecule has 0 bridgehead atoms. The van der Waals surface area contributed by atoms with E-state index in [9.17, 15) is 9.59 Å². The van der Waals surface area contributed by atoms with Crippen molar-refractivity contribution in [3.8, 4) is 11.6 Å². The predicted octanol–water partition coefficient (Wildman–Crippen LogP) is 3.26. The van der Waals surface area contributed by atoms with Crippen molar-refractivity contribution < 1.29 is 9.21 Å². The first kappa shape index (κ1) is 20.4. The lowest BCUT2D eigenvalue weighted by molar-refractivity contribution is -0.120. The Kier molecular flexibility index (Phi) is 5.72. The number of benzene rings is 2. The highest BCUT2D eigenvalue weighted by atomic mass is 32.2. The van der Waals surface area contributed by atoms with Gasteiger partial charge in [-0.1, -0.05) is 66.7 Å². The first-order chi connectivity index (χ1) is 15.7. The highest BCUT2D eigenvalue weighted by Gasteiger charge is 2.25. The largest absolute Gasteiger partial charge is 0.409 e.